The number of carbonyl (C=O) groups is 1. The Balaban J connectivity index is 1.25. The maximum atomic E-state index is 12.1. The number of halogens is 1. The Hall–Kier alpha value is -3.60. The summed E-state index contributed by atoms with van der Waals surface area (Å²) in [7, 11) is 0. The molecule has 2 amide bonds. The van der Waals surface area contributed by atoms with Gasteiger partial charge in [0.25, 0.3) is 0 Å². The molecule has 0 bridgehead atoms. The molecule has 2 heterocycles. The SMILES string of the molecule is O=C(NCCNc1ccnc2cc(Cl)ccc12)N/N=C/c1ccc(O)c(CN2CCOCC2)c1O. The van der Waals surface area contributed by atoms with Gasteiger partial charge >= 0.3 is 6.03 Å². The molecule has 2 aromatic carbocycles. The summed E-state index contributed by atoms with van der Waals surface area (Å²) in [5.74, 6) is -0.0630. The predicted molar refractivity (Wildman–Crippen MR) is 135 cm³/mol. The lowest BCUT2D eigenvalue weighted by Gasteiger charge is -2.27. The van der Waals surface area contributed by atoms with E-state index in [1.807, 2.05) is 12.1 Å². The normalized spacial score (nSPS) is 14.3. The number of ether oxygens (including phenoxy) is 1. The molecule has 1 fully saturated rings. The topological polar surface area (TPSA) is 131 Å². The van der Waals surface area contributed by atoms with Crippen LogP contribution in [-0.4, -0.2) is 71.7 Å². The monoisotopic (exact) mass is 498 g/mol. The van der Waals surface area contributed by atoms with Crippen molar-refractivity contribution in [3.8, 4) is 11.5 Å². The van der Waals surface area contributed by atoms with Gasteiger partial charge in [0, 0.05) is 60.6 Å². The first kappa shape index (κ1) is 24.5. The number of phenols is 2. The third-order valence-electron chi connectivity index (χ3n) is 5.58. The van der Waals surface area contributed by atoms with Crippen molar-refractivity contribution in [2.45, 2.75) is 6.54 Å². The number of anilines is 1. The number of amides is 2. The van der Waals surface area contributed by atoms with Crippen molar-refractivity contribution in [3.05, 3.63) is 58.7 Å². The zero-order valence-corrected chi connectivity index (χ0v) is 19.8. The predicted octanol–water partition coefficient (Wildman–Crippen LogP) is 2.88. The van der Waals surface area contributed by atoms with E-state index in [9.17, 15) is 15.0 Å². The smallest absolute Gasteiger partial charge is 0.335 e. The number of aromatic hydroxyl groups is 2. The second-order valence-electron chi connectivity index (χ2n) is 7.96. The van der Waals surface area contributed by atoms with Crippen LogP contribution in [0.3, 0.4) is 0 Å². The van der Waals surface area contributed by atoms with E-state index in [2.05, 4.69) is 31.0 Å². The maximum Gasteiger partial charge on any atom is 0.335 e. The van der Waals surface area contributed by atoms with Crippen LogP contribution in [0.1, 0.15) is 11.1 Å². The number of urea groups is 1. The number of hydrazone groups is 1. The molecule has 0 atom stereocenters. The maximum absolute atomic E-state index is 12.1. The van der Waals surface area contributed by atoms with Gasteiger partial charge in [0.15, 0.2) is 0 Å². The fourth-order valence-corrected chi connectivity index (χ4v) is 3.90. The Bertz CT molecular complexity index is 1220. The largest absolute Gasteiger partial charge is 0.507 e. The second-order valence-corrected chi connectivity index (χ2v) is 8.40. The van der Waals surface area contributed by atoms with Crippen LogP contribution in [0.2, 0.25) is 5.02 Å². The van der Waals surface area contributed by atoms with Crippen molar-refractivity contribution < 1.29 is 19.7 Å². The van der Waals surface area contributed by atoms with Gasteiger partial charge in [-0.05, 0) is 36.4 Å². The number of morpholine rings is 1. The molecule has 0 spiro atoms. The van der Waals surface area contributed by atoms with Crippen molar-refractivity contribution in [1.29, 1.82) is 0 Å². The van der Waals surface area contributed by atoms with E-state index in [1.54, 1.807) is 18.3 Å². The Morgan fingerprint density at radius 1 is 1.17 bits per heavy atom. The third-order valence-corrected chi connectivity index (χ3v) is 5.81. The lowest BCUT2D eigenvalue weighted by molar-refractivity contribution is 0.0335. The minimum atomic E-state index is -0.485. The molecule has 0 unspecified atom stereocenters. The molecular formula is C24H27ClN6O4. The summed E-state index contributed by atoms with van der Waals surface area (Å²) < 4.78 is 5.33. The second kappa shape index (κ2) is 11.7. The highest BCUT2D eigenvalue weighted by atomic mass is 35.5. The standard InChI is InChI=1S/C24H27ClN6O4/c25-17-2-3-18-20(5-6-26-21(18)13-17)27-7-8-28-24(34)30-29-14-16-1-4-22(32)19(23(16)33)15-31-9-11-35-12-10-31/h1-6,13-14,32-33H,7-12,15H2,(H,26,27)(H2,28,30,34)/b29-14+. The molecule has 0 aliphatic carbocycles. The van der Waals surface area contributed by atoms with E-state index in [-0.39, 0.29) is 11.5 Å². The minimum absolute atomic E-state index is 0.00872. The summed E-state index contributed by atoms with van der Waals surface area (Å²) >= 11 is 6.02. The molecule has 1 aromatic heterocycles. The number of carbonyl (C=O) groups excluding carboxylic acids is 1. The van der Waals surface area contributed by atoms with E-state index in [0.717, 1.165) is 29.7 Å². The van der Waals surface area contributed by atoms with Gasteiger partial charge in [0.2, 0.25) is 0 Å². The molecule has 4 rings (SSSR count). The number of hydrogen-bond acceptors (Lipinski definition) is 8. The minimum Gasteiger partial charge on any atom is -0.507 e. The number of phenolic OH excluding ortho intramolecular Hbond substituents is 2. The fourth-order valence-electron chi connectivity index (χ4n) is 3.74. The van der Waals surface area contributed by atoms with Gasteiger partial charge in [0.05, 0.1) is 30.5 Å². The fraction of sp³-hybridized carbons (Fsp3) is 0.292. The van der Waals surface area contributed by atoms with Crippen LogP contribution in [-0.2, 0) is 11.3 Å². The van der Waals surface area contributed by atoms with Crippen LogP contribution in [0.15, 0.2) is 47.7 Å². The number of fused-ring (bicyclic) bond motifs is 1. The first-order valence-electron chi connectivity index (χ1n) is 11.2. The molecule has 11 heteroatoms. The molecule has 1 aliphatic heterocycles. The Morgan fingerprint density at radius 3 is 2.83 bits per heavy atom. The molecule has 5 N–H and O–H groups in total. The first-order valence-corrected chi connectivity index (χ1v) is 11.6. The molecule has 35 heavy (non-hydrogen) atoms. The zero-order chi connectivity index (χ0) is 24.6. The van der Waals surface area contributed by atoms with Gasteiger partial charge in [-0.1, -0.05) is 11.6 Å². The molecule has 3 aromatic rings. The summed E-state index contributed by atoms with van der Waals surface area (Å²) in [5, 5.41) is 32.2. The highest BCUT2D eigenvalue weighted by Gasteiger charge is 2.17. The molecule has 1 aliphatic rings. The molecule has 1 saturated heterocycles. The number of rotatable bonds is 8. The zero-order valence-electron chi connectivity index (χ0n) is 19.0. The van der Waals surface area contributed by atoms with Crippen molar-refractivity contribution in [2.24, 2.45) is 5.10 Å². The van der Waals surface area contributed by atoms with Crippen LogP contribution < -0.4 is 16.1 Å². The lowest BCUT2D eigenvalue weighted by atomic mass is 10.1. The highest BCUT2D eigenvalue weighted by Crippen LogP contribution is 2.31. The Morgan fingerprint density at radius 2 is 2.00 bits per heavy atom. The van der Waals surface area contributed by atoms with Crippen LogP contribution in [0, 0.1) is 0 Å². The number of nitrogens with one attached hydrogen (secondary N) is 3. The molecular weight excluding hydrogens is 472 g/mol. The third kappa shape index (κ3) is 6.50. The molecule has 0 saturated carbocycles. The number of pyridine rings is 1. The van der Waals surface area contributed by atoms with Gasteiger partial charge in [-0.2, -0.15) is 5.10 Å². The van der Waals surface area contributed by atoms with Crippen LogP contribution in [0.5, 0.6) is 11.5 Å². The molecule has 184 valence electrons. The van der Waals surface area contributed by atoms with Gasteiger partial charge in [-0.3, -0.25) is 9.88 Å². The molecule has 0 radical (unpaired) electrons. The van der Waals surface area contributed by atoms with Gasteiger partial charge < -0.3 is 25.6 Å². The van der Waals surface area contributed by atoms with Crippen LogP contribution >= 0.6 is 11.6 Å². The number of nitrogens with zero attached hydrogens (tertiary/aromatic N) is 3. The quantitative estimate of drug-likeness (QED) is 0.183. The van der Waals surface area contributed by atoms with E-state index in [4.69, 9.17) is 16.3 Å². The lowest BCUT2D eigenvalue weighted by Crippen LogP contribution is -2.35. The average Bonchev–Trinajstić information content (AvgIpc) is 2.86. The van der Waals surface area contributed by atoms with Gasteiger partial charge in [-0.25, -0.2) is 10.2 Å². The van der Waals surface area contributed by atoms with E-state index in [0.29, 0.717) is 49.0 Å². The highest BCUT2D eigenvalue weighted by molar-refractivity contribution is 6.31. The number of benzene rings is 2. The van der Waals surface area contributed by atoms with E-state index in [1.165, 1.54) is 18.3 Å². The number of hydrogen-bond donors (Lipinski definition) is 5. The van der Waals surface area contributed by atoms with E-state index >= 15 is 0 Å². The Labute approximate surface area is 207 Å². The first-order chi connectivity index (χ1) is 17.0. The average molecular weight is 499 g/mol. The van der Waals surface area contributed by atoms with Crippen LogP contribution in [0.4, 0.5) is 10.5 Å². The van der Waals surface area contributed by atoms with Crippen molar-refractivity contribution in [3.63, 3.8) is 0 Å². The summed E-state index contributed by atoms with van der Waals surface area (Å²) in [6.07, 6.45) is 3.03. The summed E-state index contributed by atoms with van der Waals surface area (Å²) in [6, 6.07) is 9.90. The van der Waals surface area contributed by atoms with Gasteiger partial charge in [-0.15, -0.1) is 0 Å². The van der Waals surface area contributed by atoms with Gasteiger partial charge in [0.1, 0.15) is 11.5 Å². The summed E-state index contributed by atoms with van der Waals surface area (Å²) in [6.45, 7) is 3.91. The van der Waals surface area contributed by atoms with E-state index < -0.39 is 6.03 Å². The molecule has 10 nitrogen and oxygen atoms in total. The number of aromatic nitrogens is 1. The van der Waals surface area contributed by atoms with Crippen LogP contribution in [0.25, 0.3) is 10.9 Å². The summed E-state index contributed by atoms with van der Waals surface area (Å²) in [5.41, 5.74) is 4.85. The Kier molecular flexibility index (Phi) is 8.19. The van der Waals surface area contributed by atoms with Crippen molar-refractivity contribution >= 4 is 40.4 Å². The van der Waals surface area contributed by atoms with Crippen molar-refractivity contribution in [2.75, 3.05) is 44.7 Å². The van der Waals surface area contributed by atoms with Crippen molar-refractivity contribution in [1.82, 2.24) is 20.6 Å². The summed E-state index contributed by atoms with van der Waals surface area (Å²) in [4.78, 5) is 18.4.